The summed E-state index contributed by atoms with van der Waals surface area (Å²) in [6.07, 6.45) is 2.48. The minimum atomic E-state index is -2.85. The van der Waals surface area contributed by atoms with E-state index in [-0.39, 0.29) is 73.8 Å². The number of H-pyrrole nitrogens is 1. The smallest absolute Gasteiger partial charge is 0.450 e. The Labute approximate surface area is 457 Å². The summed E-state index contributed by atoms with van der Waals surface area (Å²) < 4.78 is 62.6. The Kier molecular flexibility index (Phi) is 25.6. The van der Waals surface area contributed by atoms with Gasteiger partial charge in [-0.1, -0.05) is 104 Å². The van der Waals surface area contributed by atoms with Gasteiger partial charge in [0.15, 0.2) is 5.65 Å². The molecule has 6 rings (SSSR count). The van der Waals surface area contributed by atoms with Gasteiger partial charge in [-0.3, -0.25) is 9.78 Å². The Hall–Kier alpha value is -4.75. The van der Waals surface area contributed by atoms with E-state index < -0.39 is 50.3 Å². The first kappa shape index (κ1) is 60.5. The molecule has 3 heterocycles. The summed E-state index contributed by atoms with van der Waals surface area (Å²) in [5.74, 6) is 6.43. The molecule has 27 heteroatoms. The molecule has 2 aromatic carbocycles. The number of rotatable bonds is 32. The highest BCUT2D eigenvalue weighted by Crippen LogP contribution is 2.44. The van der Waals surface area contributed by atoms with Crippen LogP contribution in [0.3, 0.4) is 0 Å². The molecule has 0 saturated carbocycles. The SMILES string of the molecule is CSSCOC1[C@H](n2cc(C#CCNC(=O)OCCCCOCSSC(C)(C)CCOC(=O)NCCOCCOCCNC(=O)OCC3c4ccccc4-c4ccccc43)c3c(=O)[nH]c(N)nc32)CO[C@@H]1CO[P+](=O)O. The van der Waals surface area contributed by atoms with E-state index in [0.29, 0.717) is 76.3 Å². The molecule has 1 fully saturated rings. The number of hydrogen-bond donors (Lipinski definition) is 6. The molecule has 76 heavy (non-hydrogen) atoms. The van der Waals surface area contributed by atoms with Crippen LogP contribution < -0.4 is 27.2 Å². The molecule has 2 aromatic heterocycles. The van der Waals surface area contributed by atoms with Gasteiger partial charge < -0.3 is 64.1 Å². The first-order valence-corrected chi connectivity index (χ1v) is 30.5. The summed E-state index contributed by atoms with van der Waals surface area (Å²) in [5, 5.41) is 8.17. The van der Waals surface area contributed by atoms with Crippen LogP contribution in [-0.2, 0) is 47.0 Å². The maximum atomic E-state index is 13.1. The van der Waals surface area contributed by atoms with Crippen LogP contribution in [0.4, 0.5) is 20.3 Å². The maximum absolute atomic E-state index is 13.1. The summed E-state index contributed by atoms with van der Waals surface area (Å²) in [7, 11) is 3.32. The number of nitrogen functional groups attached to an aromatic ring is 1. The molecule has 22 nitrogen and oxygen atoms in total. The highest BCUT2D eigenvalue weighted by molar-refractivity contribution is 8.77. The summed E-state index contributed by atoms with van der Waals surface area (Å²) in [4.78, 5) is 66.0. The van der Waals surface area contributed by atoms with Gasteiger partial charge in [0.25, 0.3) is 5.56 Å². The zero-order valence-corrected chi connectivity index (χ0v) is 46.6. The van der Waals surface area contributed by atoms with Crippen molar-refractivity contribution in [3.8, 4) is 23.0 Å². The standard InChI is InChI=1S/C49H64N7O15PS4/c1-49(2,16-22-67-47(59)52-18-23-63-25-26-64-24-19-53-48(60)69-28-38-36-14-6-4-12-34(36)35-13-5-7-15-37(35)38)76-75-31-65-20-8-9-21-66-46(58)51-17-10-11-33-27-56(43-41(33)44(57)55-45(50)54-43)39-29-68-40(30-71-72(61)62)42(39)70-32-74-73-3/h4-7,12-15,27,38-40,42H,8-9,16-26,28-32H2,1-3H3,(H6-,50,51,52,53,54,55,57,58,59,60,61,62)/p+1/t39-,40-,42?/m1/s1. The Bertz CT molecular complexity index is 2610. The van der Waals surface area contributed by atoms with Crippen LogP contribution in [0.1, 0.15) is 61.8 Å². The van der Waals surface area contributed by atoms with E-state index in [9.17, 15) is 28.6 Å². The van der Waals surface area contributed by atoms with Gasteiger partial charge in [0.1, 0.15) is 37.3 Å². The minimum Gasteiger partial charge on any atom is -0.450 e. The number of amides is 3. The number of carbonyl (C=O) groups excluding carboxylic acids is 3. The fourth-order valence-electron chi connectivity index (χ4n) is 8.03. The van der Waals surface area contributed by atoms with Crippen LogP contribution in [0.15, 0.2) is 59.5 Å². The predicted octanol–water partition coefficient (Wildman–Crippen LogP) is 6.95. The van der Waals surface area contributed by atoms with Gasteiger partial charge in [-0.05, 0) is 61.6 Å². The fraction of sp³-hybridized carbons (Fsp3) is 0.531. The number of nitrogens with zero attached hydrogens (tertiary/aromatic N) is 2. The van der Waals surface area contributed by atoms with Crippen LogP contribution in [0.5, 0.6) is 0 Å². The van der Waals surface area contributed by atoms with Crippen molar-refractivity contribution in [2.75, 3.05) is 110 Å². The Morgan fingerprint density at radius 1 is 0.868 bits per heavy atom. The predicted molar refractivity (Wildman–Crippen MR) is 294 cm³/mol. The molecule has 1 saturated heterocycles. The highest BCUT2D eigenvalue weighted by Gasteiger charge is 2.42. The molecule has 414 valence electrons. The van der Waals surface area contributed by atoms with Gasteiger partial charge in [0.2, 0.25) is 5.95 Å². The zero-order valence-electron chi connectivity index (χ0n) is 42.4. The number of alkyl carbamates (subject to hydrolysis) is 3. The molecule has 7 N–H and O–H groups in total. The minimum absolute atomic E-state index is 0.00218. The Balaban J connectivity index is 0.738. The number of unbranched alkanes of at least 4 members (excludes halogenated alkanes) is 1. The van der Waals surface area contributed by atoms with Gasteiger partial charge in [-0.2, -0.15) is 4.98 Å². The topological polar surface area (TPSA) is 284 Å². The maximum Gasteiger partial charge on any atom is 0.694 e. The molecule has 4 aromatic rings. The summed E-state index contributed by atoms with van der Waals surface area (Å²) in [6.45, 7) is 7.00. The van der Waals surface area contributed by atoms with Crippen molar-refractivity contribution in [3.63, 3.8) is 0 Å². The van der Waals surface area contributed by atoms with Crippen molar-refractivity contribution in [1.29, 1.82) is 0 Å². The third-order valence-electron chi connectivity index (χ3n) is 11.6. The van der Waals surface area contributed by atoms with E-state index in [1.165, 1.54) is 32.7 Å². The van der Waals surface area contributed by atoms with Crippen LogP contribution in [-0.4, -0.2) is 158 Å². The summed E-state index contributed by atoms with van der Waals surface area (Å²) >= 11 is 0. The molecule has 2 aliphatic rings. The average Bonchev–Trinajstić information content (AvgIpc) is 4.09. The van der Waals surface area contributed by atoms with E-state index in [2.05, 4.69) is 75.9 Å². The molecule has 3 amide bonds. The van der Waals surface area contributed by atoms with Crippen molar-refractivity contribution in [3.05, 3.63) is 81.8 Å². The Morgan fingerprint density at radius 3 is 2.22 bits per heavy atom. The van der Waals surface area contributed by atoms with Gasteiger partial charge in [0, 0.05) is 41.1 Å². The van der Waals surface area contributed by atoms with Gasteiger partial charge in [-0.15, -0.1) is 9.42 Å². The van der Waals surface area contributed by atoms with E-state index in [1.807, 2.05) is 30.5 Å². The van der Waals surface area contributed by atoms with Crippen molar-refractivity contribution in [2.24, 2.45) is 0 Å². The second-order valence-corrected chi connectivity index (χ2v) is 23.6. The first-order valence-electron chi connectivity index (χ1n) is 24.4. The lowest BCUT2D eigenvalue weighted by atomic mass is 9.98. The summed E-state index contributed by atoms with van der Waals surface area (Å²) in [6, 6.07) is 15.9. The number of fused-ring (bicyclic) bond motifs is 4. The number of ether oxygens (including phenoxy) is 8. The molecule has 4 atom stereocenters. The number of carbonyl (C=O) groups is 3. The normalized spacial score (nSPS) is 16.1. The van der Waals surface area contributed by atoms with Gasteiger partial charge in [0.05, 0.1) is 69.8 Å². The van der Waals surface area contributed by atoms with E-state index >= 15 is 0 Å². The van der Waals surface area contributed by atoms with Crippen LogP contribution in [0.25, 0.3) is 22.2 Å². The Morgan fingerprint density at radius 2 is 1.53 bits per heavy atom. The second kappa shape index (κ2) is 32.2. The highest BCUT2D eigenvalue weighted by atomic mass is 33.1. The summed E-state index contributed by atoms with van der Waals surface area (Å²) in [5.41, 5.74) is 10.6. The fourth-order valence-corrected chi connectivity index (χ4v) is 11.3. The van der Waals surface area contributed by atoms with E-state index in [1.54, 1.807) is 32.4 Å². The second-order valence-electron chi connectivity index (χ2n) is 17.4. The molecule has 1 aliphatic carbocycles. The lowest BCUT2D eigenvalue weighted by Gasteiger charge is -2.23. The van der Waals surface area contributed by atoms with Crippen molar-refractivity contribution >= 4 is 86.7 Å². The number of nitrogens with two attached hydrogens (primary N) is 1. The number of hydrogen-bond acceptors (Lipinski definition) is 20. The molecular weight excluding hydrogens is 1090 g/mol. The molecule has 2 unspecified atom stereocenters. The third kappa shape index (κ3) is 19.3. The van der Waals surface area contributed by atoms with Gasteiger partial charge in [-0.25, -0.2) is 14.4 Å². The zero-order chi connectivity index (χ0) is 54.1. The quantitative estimate of drug-likeness (QED) is 0.00720. The number of nitrogens with one attached hydrogen (secondary N) is 4. The van der Waals surface area contributed by atoms with Crippen molar-refractivity contribution in [1.82, 2.24) is 30.5 Å². The van der Waals surface area contributed by atoms with Crippen molar-refractivity contribution < 1.29 is 66.3 Å². The number of aromatic nitrogens is 3. The monoisotopic (exact) mass is 1150 g/mol. The lowest BCUT2D eigenvalue weighted by Crippen LogP contribution is -2.34. The van der Waals surface area contributed by atoms with Gasteiger partial charge >= 0.3 is 26.5 Å². The van der Waals surface area contributed by atoms with Crippen LogP contribution in [0, 0.1) is 11.8 Å². The van der Waals surface area contributed by atoms with E-state index in [4.69, 9.17) is 48.2 Å². The van der Waals surface area contributed by atoms with Crippen LogP contribution in [0.2, 0.25) is 0 Å². The third-order valence-corrected chi connectivity index (χ3v) is 16.5. The molecular formula is C49H65N7O15PS4+. The largest absolute Gasteiger partial charge is 0.694 e. The lowest BCUT2D eigenvalue weighted by molar-refractivity contribution is -0.0181. The first-order chi connectivity index (χ1) is 36.8. The number of anilines is 1. The molecule has 0 bridgehead atoms. The molecule has 1 aliphatic heterocycles. The van der Waals surface area contributed by atoms with Crippen LogP contribution >= 0.6 is 51.4 Å². The molecule has 0 spiro atoms. The number of benzene rings is 2. The van der Waals surface area contributed by atoms with E-state index in [0.717, 1.165) is 11.1 Å². The van der Waals surface area contributed by atoms with Crippen molar-refractivity contribution in [2.45, 2.75) is 62.0 Å². The molecule has 0 radical (unpaired) electrons. The average molecular weight is 1150 g/mol. The number of aromatic amines is 1.